The smallest absolute Gasteiger partial charge is 0.128 e. The van der Waals surface area contributed by atoms with Gasteiger partial charge in [0.25, 0.3) is 0 Å². The summed E-state index contributed by atoms with van der Waals surface area (Å²) < 4.78 is 18.3. The zero-order valence-electron chi connectivity index (χ0n) is 10.4. The first kappa shape index (κ1) is 13.6. The normalized spacial score (nSPS) is 10.9. The van der Waals surface area contributed by atoms with Crippen molar-refractivity contribution in [2.24, 2.45) is 4.99 Å². The number of nitrogens with zero attached hydrogens (tertiary/aromatic N) is 1. The number of hydrogen-bond acceptors (Lipinski definition) is 2. The second kappa shape index (κ2) is 6.34. The third-order valence-corrected chi connectivity index (χ3v) is 2.69. The van der Waals surface area contributed by atoms with Crippen molar-refractivity contribution in [1.82, 2.24) is 0 Å². The highest BCUT2D eigenvalue weighted by Gasteiger charge is 2.02. The Morgan fingerprint density at radius 3 is 2.63 bits per heavy atom. The van der Waals surface area contributed by atoms with Gasteiger partial charge in [0.2, 0.25) is 0 Å². The molecule has 4 heteroatoms. The van der Waals surface area contributed by atoms with E-state index < -0.39 is 0 Å². The summed E-state index contributed by atoms with van der Waals surface area (Å²) in [5, 5.41) is 0.615. The Hall–Kier alpha value is -1.87. The summed E-state index contributed by atoms with van der Waals surface area (Å²) in [6, 6.07) is 11.3. The van der Waals surface area contributed by atoms with Crippen molar-refractivity contribution in [3.8, 4) is 5.75 Å². The summed E-state index contributed by atoms with van der Waals surface area (Å²) in [5.41, 5.74) is 1.46. The third-order valence-electron chi connectivity index (χ3n) is 2.45. The van der Waals surface area contributed by atoms with Crippen LogP contribution in [0.1, 0.15) is 12.5 Å². The van der Waals surface area contributed by atoms with Gasteiger partial charge in [0.15, 0.2) is 0 Å². The molecule has 0 aliphatic heterocycles. The van der Waals surface area contributed by atoms with Crippen LogP contribution in [0.25, 0.3) is 0 Å². The average molecular weight is 278 g/mol. The predicted octanol–water partition coefficient (Wildman–Crippen LogP) is 4.63. The maximum absolute atomic E-state index is 12.8. The first-order valence-electron chi connectivity index (χ1n) is 5.91. The molecule has 0 aliphatic carbocycles. The second-order valence-corrected chi connectivity index (χ2v) is 4.29. The van der Waals surface area contributed by atoms with Crippen LogP contribution in [-0.2, 0) is 0 Å². The third kappa shape index (κ3) is 3.80. The SMILES string of the molecule is CCOc1ccc(Cl)cc1C=Nc1ccc(F)cc1. The monoisotopic (exact) mass is 277 g/mol. The number of rotatable bonds is 4. The summed E-state index contributed by atoms with van der Waals surface area (Å²) in [4.78, 5) is 4.27. The van der Waals surface area contributed by atoms with Crippen molar-refractivity contribution >= 4 is 23.5 Å². The van der Waals surface area contributed by atoms with Gasteiger partial charge in [-0.15, -0.1) is 0 Å². The molecule has 0 heterocycles. The Kier molecular flexibility index (Phi) is 4.53. The number of hydrogen-bond donors (Lipinski definition) is 0. The summed E-state index contributed by atoms with van der Waals surface area (Å²) >= 11 is 5.95. The molecule has 0 N–H and O–H groups in total. The molecule has 2 rings (SSSR count). The number of aliphatic imine (C=N–C) groups is 1. The lowest BCUT2D eigenvalue weighted by Crippen LogP contribution is -1.95. The van der Waals surface area contributed by atoms with Crippen molar-refractivity contribution in [3.05, 3.63) is 58.9 Å². The molecule has 2 aromatic carbocycles. The van der Waals surface area contributed by atoms with Gasteiger partial charge in [0, 0.05) is 16.8 Å². The Labute approximate surface area is 116 Å². The summed E-state index contributed by atoms with van der Waals surface area (Å²) in [6.45, 7) is 2.48. The van der Waals surface area contributed by atoms with Crippen LogP contribution in [0.4, 0.5) is 10.1 Å². The van der Waals surface area contributed by atoms with E-state index in [1.54, 1.807) is 36.5 Å². The molecule has 0 spiro atoms. The summed E-state index contributed by atoms with van der Waals surface area (Å²) in [5.74, 6) is 0.439. The van der Waals surface area contributed by atoms with Crippen LogP contribution in [0, 0.1) is 5.82 Å². The van der Waals surface area contributed by atoms with Crippen molar-refractivity contribution in [3.63, 3.8) is 0 Å². The topological polar surface area (TPSA) is 21.6 Å². The number of halogens is 2. The van der Waals surface area contributed by atoms with E-state index in [1.165, 1.54) is 12.1 Å². The highest BCUT2D eigenvalue weighted by Crippen LogP contribution is 2.22. The van der Waals surface area contributed by atoms with Crippen molar-refractivity contribution in [1.29, 1.82) is 0 Å². The lowest BCUT2D eigenvalue weighted by atomic mass is 10.2. The molecule has 19 heavy (non-hydrogen) atoms. The maximum atomic E-state index is 12.8. The number of ether oxygens (including phenoxy) is 1. The molecule has 0 fully saturated rings. The van der Waals surface area contributed by atoms with Crippen LogP contribution >= 0.6 is 11.6 Å². The van der Waals surface area contributed by atoms with Crippen LogP contribution in [0.5, 0.6) is 5.75 Å². The molecule has 2 aromatic rings. The first-order chi connectivity index (χ1) is 9.19. The minimum Gasteiger partial charge on any atom is -0.493 e. The molecule has 0 bridgehead atoms. The predicted molar refractivity (Wildman–Crippen MR) is 76.3 cm³/mol. The van der Waals surface area contributed by atoms with Gasteiger partial charge in [-0.05, 0) is 49.4 Å². The number of benzene rings is 2. The molecule has 0 atom stereocenters. The van der Waals surface area contributed by atoms with E-state index in [4.69, 9.17) is 16.3 Å². The maximum Gasteiger partial charge on any atom is 0.128 e. The Bertz CT molecular complexity index is 581. The average Bonchev–Trinajstić information content (AvgIpc) is 2.41. The molecule has 2 nitrogen and oxygen atoms in total. The van der Waals surface area contributed by atoms with Gasteiger partial charge < -0.3 is 4.74 Å². The Morgan fingerprint density at radius 2 is 1.95 bits per heavy atom. The van der Waals surface area contributed by atoms with E-state index in [2.05, 4.69) is 4.99 Å². The van der Waals surface area contributed by atoms with Crippen molar-refractivity contribution in [2.75, 3.05) is 6.61 Å². The zero-order chi connectivity index (χ0) is 13.7. The lowest BCUT2D eigenvalue weighted by molar-refractivity contribution is 0.340. The fourth-order valence-corrected chi connectivity index (χ4v) is 1.76. The van der Waals surface area contributed by atoms with Gasteiger partial charge in [-0.2, -0.15) is 0 Å². The van der Waals surface area contributed by atoms with Crippen molar-refractivity contribution < 1.29 is 9.13 Å². The van der Waals surface area contributed by atoms with Crippen LogP contribution in [0.2, 0.25) is 5.02 Å². The molecular formula is C15H13ClFNO. The van der Waals surface area contributed by atoms with Crippen molar-refractivity contribution in [2.45, 2.75) is 6.92 Å². The molecule has 98 valence electrons. The van der Waals surface area contributed by atoms with Gasteiger partial charge in [0.1, 0.15) is 11.6 Å². The minimum absolute atomic E-state index is 0.281. The summed E-state index contributed by atoms with van der Waals surface area (Å²) in [7, 11) is 0. The first-order valence-corrected chi connectivity index (χ1v) is 6.29. The standard InChI is InChI=1S/C15H13ClFNO/c1-2-19-15-8-3-12(16)9-11(15)10-18-14-6-4-13(17)5-7-14/h3-10H,2H2,1H3. The van der Waals surface area contributed by atoms with Crippen LogP contribution in [0.3, 0.4) is 0 Å². The highest BCUT2D eigenvalue weighted by molar-refractivity contribution is 6.30. The minimum atomic E-state index is -0.281. The molecule has 0 aliphatic rings. The van der Waals surface area contributed by atoms with Gasteiger partial charge >= 0.3 is 0 Å². The van der Waals surface area contributed by atoms with E-state index in [9.17, 15) is 4.39 Å². The van der Waals surface area contributed by atoms with E-state index >= 15 is 0 Å². The van der Waals surface area contributed by atoms with E-state index in [1.807, 2.05) is 6.92 Å². The molecule has 0 amide bonds. The van der Waals surface area contributed by atoms with E-state index in [0.29, 0.717) is 17.3 Å². The fourth-order valence-electron chi connectivity index (χ4n) is 1.58. The van der Waals surface area contributed by atoms with Gasteiger partial charge in [0.05, 0.1) is 12.3 Å². The second-order valence-electron chi connectivity index (χ2n) is 3.85. The zero-order valence-corrected chi connectivity index (χ0v) is 11.2. The molecule has 0 unspecified atom stereocenters. The Balaban J connectivity index is 2.26. The fraction of sp³-hybridized carbons (Fsp3) is 0.133. The molecular weight excluding hydrogens is 265 g/mol. The Morgan fingerprint density at radius 1 is 1.21 bits per heavy atom. The summed E-state index contributed by atoms with van der Waals surface area (Å²) in [6.07, 6.45) is 1.66. The molecule has 0 radical (unpaired) electrons. The molecule has 0 saturated carbocycles. The largest absolute Gasteiger partial charge is 0.493 e. The van der Waals surface area contributed by atoms with Crippen LogP contribution < -0.4 is 4.74 Å². The quantitative estimate of drug-likeness (QED) is 0.747. The van der Waals surface area contributed by atoms with E-state index in [-0.39, 0.29) is 5.82 Å². The van der Waals surface area contributed by atoms with Gasteiger partial charge in [-0.3, -0.25) is 4.99 Å². The van der Waals surface area contributed by atoms with Gasteiger partial charge in [-0.25, -0.2) is 4.39 Å². The highest BCUT2D eigenvalue weighted by atomic mass is 35.5. The lowest BCUT2D eigenvalue weighted by Gasteiger charge is -2.06. The van der Waals surface area contributed by atoms with E-state index in [0.717, 1.165) is 11.3 Å². The molecule has 0 saturated heterocycles. The van der Waals surface area contributed by atoms with Gasteiger partial charge in [-0.1, -0.05) is 11.6 Å². The van der Waals surface area contributed by atoms with Crippen LogP contribution in [0.15, 0.2) is 47.5 Å². The van der Waals surface area contributed by atoms with Crippen LogP contribution in [-0.4, -0.2) is 12.8 Å². The molecule has 0 aromatic heterocycles.